The summed E-state index contributed by atoms with van der Waals surface area (Å²) in [5.41, 5.74) is 6.09. The summed E-state index contributed by atoms with van der Waals surface area (Å²) in [7, 11) is 1.45. The lowest BCUT2D eigenvalue weighted by Crippen LogP contribution is -2.62. The molecule has 392 valence electrons. The van der Waals surface area contributed by atoms with Gasteiger partial charge in [-0.1, -0.05) is 98.9 Å². The zero-order valence-electron chi connectivity index (χ0n) is 40.5. The number of aliphatic hydroxyl groups is 10. The largest absolute Gasteiger partial charge is 0.462 e. The van der Waals surface area contributed by atoms with Gasteiger partial charge in [-0.15, -0.1) is 0 Å². The fourth-order valence-electron chi connectivity index (χ4n) is 8.38. The maximum absolute atomic E-state index is 13.6. The average molecular weight is 981 g/mol. The summed E-state index contributed by atoms with van der Waals surface area (Å²) in [6.45, 7) is 7.04. The highest BCUT2D eigenvalue weighted by atomic mass is 16.7. The van der Waals surface area contributed by atoms with Gasteiger partial charge in [-0.25, -0.2) is 0 Å². The molecule has 1 amide bonds. The molecule has 3 rings (SSSR count). The van der Waals surface area contributed by atoms with Crippen LogP contribution in [0.3, 0.4) is 0 Å². The Labute approximate surface area is 405 Å². The summed E-state index contributed by atoms with van der Waals surface area (Å²) >= 11 is 0. The van der Waals surface area contributed by atoms with Gasteiger partial charge < -0.3 is 85.8 Å². The fourth-order valence-corrected chi connectivity index (χ4v) is 8.38. The van der Waals surface area contributed by atoms with E-state index in [1.54, 1.807) is 69.4 Å². The van der Waals surface area contributed by atoms with Crippen LogP contribution in [0.4, 0.5) is 0 Å². The first-order valence-corrected chi connectivity index (χ1v) is 23.9. The van der Waals surface area contributed by atoms with Gasteiger partial charge in [0, 0.05) is 51.2 Å². The molecule has 0 radical (unpaired) electrons. The minimum atomic E-state index is -2.27. The third-order valence-corrected chi connectivity index (χ3v) is 12.6. The molecule has 19 heteroatoms. The Balaban J connectivity index is 1.92. The summed E-state index contributed by atoms with van der Waals surface area (Å²) in [5.74, 6) is -5.64. The Kier molecular flexibility index (Phi) is 26.4. The van der Waals surface area contributed by atoms with E-state index < -0.39 is 147 Å². The first kappa shape index (κ1) is 59.8. The number of carbonyl (C=O) groups is 2. The van der Waals surface area contributed by atoms with Crippen LogP contribution in [0.2, 0.25) is 0 Å². The van der Waals surface area contributed by atoms with E-state index in [1.807, 2.05) is 43.4 Å². The molecule has 0 aromatic rings. The molecule has 13 N–H and O–H groups in total. The molecule has 19 atom stereocenters. The van der Waals surface area contributed by atoms with E-state index in [1.165, 1.54) is 7.11 Å². The number of amides is 1. The van der Waals surface area contributed by atoms with Gasteiger partial charge in [-0.3, -0.25) is 9.59 Å². The second kappa shape index (κ2) is 30.4. The molecule has 2 saturated heterocycles. The summed E-state index contributed by atoms with van der Waals surface area (Å²) < 4.78 is 28.7. The molecule has 2 bridgehead atoms. The van der Waals surface area contributed by atoms with Crippen molar-refractivity contribution < 1.29 is 84.3 Å². The summed E-state index contributed by atoms with van der Waals surface area (Å²) in [5, 5.41) is 112. The monoisotopic (exact) mass is 981 g/mol. The lowest BCUT2D eigenvalue weighted by atomic mass is 9.82. The van der Waals surface area contributed by atoms with Crippen molar-refractivity contribution in [2.24, 2.45) is 23.5 Å². The van der Waals surface area contributed by atoms with Crippen LogP contribution in [0, 0.1) is 17.8 Å². The van der Waals surface area contributed by atoms with Gasteiger partial charge in [-0.05, 0) is 33.1 Å². The zero-order chi connectivity index (χ0) is 51.3. The second-order valence-corrected chi connectivity index (χ2v) is 18.5. The molecule has 3 heterocycles. The smallest absolute Gasteiger partial charge is 0.308 e. The van der Waals surface area contributed by atoms with Crippen molar-refractivity contribution in [3.05, 3.63) is 85.1 Å². The van der Waals surface area contributed by atoms with E-state index >= 15 is 0 Å². The molecule has 19 nitrogen and oxygen atoms in total. The van der Waals surface area contributed by atoms with Crippen LogP contribution in [0.1, 0.15) is 79.1 Å². The molecule has 3 aliphatic heterocycles. The first-order chi connectivity index (χ1) is 32.7. The minimum absolute atomic E-state index is 0.0871. The number of ether oxygens (including phenoxy) is 5. The number of methoxy groups -OCH3 is 1. The van der Waals surface area contributed by atoms with E-state index in [0.717, 1.165) is 0 Å². The van der Waals surface area contributed by atoms with Crippen LogP contribution in [0.15, 0.2) is 85.1 Å². The number of fused-ring (bicyclic) bond motifs is 2. The predicted octanol–water partition coefficient (Wildman–Crippen LogP) is 0.390. The van der Waals surface area contributed by atoms with Gasteiger partial charge in [-0.2, -0.15) is 0 Å². The molecule has 0 aromatic carbocycles. The minimum Gasteiger partial charge on any atom is -0.462 e. The number of esters is 1. The number of cyclic esters (lactones) is 1. The normalized spacial score (nSPS) is 40.3. The number of nitrogens with one attached hydrogen (secondary N) is 1. The number of hydrogen-bond donors (Lipinski definition) is 12. The summed E-state index contributed by atoms with van der Waals surface area (Å²) in [4.78, 5) is 26.3. The number of aliphatic hydroxyl groups excluding tert-OH is 9. The van der Waals surface area contributed by atoms with Crippen LogP contribution < -0.4 is 11.1 Å². The van der Waals surface area contributed by atoms with E-state index in [4.69, 9.17) is 29.4 Å². The van der Waals surface area contributed by atoms with E-state index in [9.17, 15) is 60.7 Å². The van der Waals surface area contributed by atoms with Crippen LogP contribution in [-0.2, 0) is 33.3 Å². The van der Waals surface area contributed by atoms with Crippen molar-refractivity contribution in [1.29, 1.82) is 0 Å². The molecule has 3 aliphatic rings. The van der Waals surface area contributed by atoms with Gasteiger partial charge in [0.2, 0.25) is 5.91 Å². The SMILES string of the molecule is COCCNC(=O)[C@H]1[C@@H]2C[C@@H](O[C@@H]3O[C@H](C)[C@@H](O)[C@H](N)[C@@H]3O)C=CC=CC=CC=CC=CC=CC=C[C@H](C)[C@@H](O)[C@@H](C)[C@H](C)OC(=O)C[C@H](O)C[C@H](O)CC[C@@H](O)[C@H](O)C[C@H](O)C[C@](O)(C[C@@H]1O)O2. The number of allylic oxidation sites excluding steroid dienone is 12. The van der Waals surface area contributed by atoms with Crippen LogP contribution >= 0.6 is 0 Å². The number of nitrogens with two attached hydrogens (primary N) is 1. The van der Waals surface area contributed by atoms with Crippen LogP contribution in [0.25, 0.3) is 0 Å². The van der Waals surface area contributed by atoms with Gasteiger partial charge in [0.05, 0.1) is 92.1 Å². The van der Waals surface area contributed by atoms with Gasteiger partial charge in [0.15, 0.2) is 12.1 Å². The zero-order valence-corrected chi connectivity index (χ0v) is 40.5. The Bertz CT molecular complexity index is 1740. The second-order valence-electron chi connectivity index (χ2n) is 18.5. The van der Waals surface area contributed by atoms with Crippen molar-refractivity contribution >= 4 is 11.9 Å². The number of rotatable bonds is 6. The fraction of sp³-hybridized carbons (Fsp3) is 0.680. The Hall–Kier alpha value is -3.48. The molecule has 0 spiro atoms. The Morgan fingerprint density at radius 1 is 0.710 bits per heavy atom. The maximum Gasteiger partial charge on any atom is 0.308 e. The third kappa shape index (κ3) is 20.6. The molecule has 2 fully saturated rings. The third-order valence-electron chi connectivity index (χ3n) is 12.6. The highest BCUT2D eigenvalue weighted by Gasteiger charge is 2.51. The molecule has 0 unspecified atom stereocenters. The van der Waals surface area contributed by atoms with Crippen molar-refractivity contribution in [3.63, 3.8) is 0 Å². The van der Waals surface area contributed by atoms with Crippen molar-refractivity contribution in [2.75, 3.05) is 20.3 Å². The highest BCUT2D eigenvalue weighted by Crippen LogP contribution is 2.38. The molecule has 0 saturated carbocycles. The standard InChI is InChI=1S/C50H80N2O17/c1-30-18-16-14-12-10-8-6-7-9-11-13-15-17-19-37(68-49-47(62)44(51)46(61)33(4)67-49)27-41-43(48(63)52-22-23-65-5)40(58)29-50(64,69-41)28-36(55)25-39(57)38(56)21-20-34(53)24-35(54)26-42(59)66-32(3)31(2)45(30)60/h6-19,30-41,43-47,49,53-58,60-62,64H,20-29,51H2,1-5H3,(H,52,63)/t30-,31-,32-,33+,34+,35+,36-,37-,38+,39+,40-,41-,43+,44-,45+,46+,47-,49-,50+/m0/s1. The summed E-state index contributed by atoms with van der Waals surface area (Å²) in [6, 6.07) is -1.13. The van der Waals surface area contributed by atoms with Crippen LogP contribution in [0.5, 0.6) is 0 Å². The molecule has 0 aliphatic carbocycles. The molecular weight excluding hydrogens is 901 g/mol. The topological polar surface area (TPSA) is 321 Å². The average Bonchev–Trinajstić information content (AvgIpc) is 3.27. The molecule has 69 heavy (non-hydrogen) atoms. The highest BCUT2D eigenvalue weighted by molar-refractivity contribution is 5.80. The lowest BCUT2D eigenvalue weighted by Gasteiger charge is -2.46. The van der Waals surface area contributed by atoms with Crippen molar-refractivity contribution in [2.45, 2.75) is 177 Å². The van der Waals surface area contributed by atoms with Crippen molar-refractivity contribution in [1.82, 2.24) is 5.32 Å². The van der Waals surface area contributed by atoms with E-state index in [-0.39, 0.29) is 44.8 Å². The van der Waals surface area contributed by atoms with Gasteiger partial charge >= 0.3 is 5.97 Å². The van der Waals surface area contributed by atoms with Crippen molar-refractivity contribution in [3.8, 4) is 0 Å². The maximum atomic E-state index is 13.6. The molecular formula is C50H80N2O17. The number of hydrogen-bond acceptors (Lipinski definition) is 18. The quantitative estimate of drug-likeness (QED) is 0.127. The predicted molar refractivity (Wildman–Crippen MR) is 254 cm³/mol. The Morgan fingerprint density at radius 3 is 1.91 bits per heavy atom. The van der Waals surface area contributed by atoms with Gasteiger partial charge in [0.1, 0.15) is 12.2 Å². The van der Waals surface area contributed by atoms with Crippen LogP contribution in [-0.4, -0.2) is 181 Å². The lowest BCUT2D eigenvalue weighted by molar-refractivity contribution is -0.307. The van der Waals surface area contributed by atoms with Gasteiger partial charge in [0.25, 0.3) is 0 Å². The Morgan fingerprint density at radius 2 is 1.30 bits per heavy atom. The molecule has 0 aromatic heterocycles. The summed E-state index contributed by atoms with van der Waals surface area (Å²) in [6.07, 6.45) is 4.65. The van der Waals surface area contributed by atoms with E-state index in [2.05, 4.69) is 5.32 Å². The van der Waals surface area contributed by atoms with E-state index in [0.29, 0.717) is 0 Å². The number of carbonyl (C=O) groups excluding carboxylic acids is 2. The first-order valence-electron chi connectivity index (χ1n) is 23.9.